The van der Waals surface area contributed by atoms with Gasteiger partial charge in [0, 0.05) is 6.54 Å². The Balaban J connectivity index is -0.000000605. The highest BCUT2D eigenvalue weighted by molar-refractivity contribution is 7.99. The lowest BCUT2D eigenvalue weighted by Crippen LogP contribution is -2.28. The number of ether oxygens (including phenoxy) is 1. The SMILES string of the molecule is C.C.CSCC(=O)NCCOCCO. The molecule has 4 nitrogen and oxygen atoms in total. The molecule has 0 aromatic rings. The molecular weight excluding hydrogens is 202 g/mol. The number of rotatable bonds is 7. The summed E-state index contributed by atoms with van der Waals surface area (Å²) in [6.07, 6.45) is 1.88. The van der Waals surface area contributed by atoms with E-state index in [0.717, 1.165) is 0 Å². The third-order valence-corrected chi connectivity index (χ3v) is 1.63. The molecule has 1 amide bonds. The van der Waals surface area contributed by atoms with Crippen LogP contribution in [-0.4, -0.2) is 49.4 Å². The second-order valence-corrected chi connectivity index (χ2v) is 2.98. The van der Waals surface area contributed by atoms with Gasteiger partial charge in [-0.1, -0.05) is 14.9 Å². The smallest absolute Gasteiger partial charge is 0.230 e. The van der Waals surface area contributed by atoms with E-state index in [1.165, 1.54) is 11.8 Å². The summed E-state index contributed by atoms with van der Waals surface area (Å²) >= 11 is 1.49. The molecule has 2 N–H and O–H groups in total. The first-order valence-corrected chi connectivity index (χ1v) is 5.15. The maximum atomic E-state index is 10.8. The average Bonchev–Trinajstić information content (AvgIpc) is 2.05. The van der Waals surface area contributed by atoms with Crippen molar-refractivity contribution in [3.8, 4) is 0 Å². The standard InChI is InChI=1S/C7H15NO3S.2CH4/c1-12-6-7(10)8-2-4-11-5-3-9;;/h9H,2-6H2,1H3,(H,8,10);2*1H4. The molecule has 0 fully saturated rings. The molecule has 0 aliphatic carbocycles. The van der Waals surface area contributed by atoms with E-state index < -0.39 is 0 Å². The molecule has 0 radical (unpaired) electrons. The van der Waals surface area contributed by atoms with Gasteiger partial charge in [-0.2, -0.15) is 11.8 Å². The third kappa shape index (κ3) is 14.3. The number of thioether (sulfide) groups is 1. The molecule has 0 rings (SSSR count). The lowest BCUT2D eigenvalue weighted by atomic mass is 10.6. The van der Waals surface area contributed by atoms with Crippen molar-refractivity contribution >= 4 is 17.7 Å². The van der Waals surface area contributed by atoms with Crippen LogP contribution < -0.4 is 5.32 Å². The first-order chi connectivity index (χ1) is 5.81. The second-order valence-electron chi connectivity index (χ2n) is 2.12. The van der Waals surface area contributed by atoms with Gasteiger partial charge in [0.15, 0.2) is 0 Å². The van der Waals surface area contributed by atoms with Gasteiger partial charge in [0.1, 0.15) is 0 Å². The molecule has 0 aliphatic heterocycles. The van der Waals surface area contributed by atoms with Crippen molar-refractivity contribution in [1.82, 2.24) is 5.32 Å². The fourth-order valence-corrected chi connectivity index (χ4v) is 0.976. The quantitative estimate of drug-likeness (QED) is 0.628. The molecular formula is C9H23NO3S. The first-order valence-electron chi connectivity index (χ1n) is 3.75. The molecule has 0 aliphatic rings. The summed E-state index contributed by atoms with van der Waals surface area (Å²) in [5.74, 6) is 0.509. The van der Waals surface area contributed by atoms with Crippen molar-refractivity contribution in [3.63, 3.8) is 0 Å². The number of carbonyl (C=O) groups excluding carboxylic acids is 1. The van der Waals surface area contributed by atoms with E-state index in [2.05, 4.69) is 5.32 Å². The van der Waals surface area contributed by atoms with E-state index in [1.807, 2.05) is 6.26 Å². The number of carbonyl (C=O) groups is 1. The van der Waals surface area contributed by atoms with Crippen molar-refractivity contribution in [2.75, 3.05) is 38.4 Å². The van der Waals surface area contributed by atoms with E-state index in [1.54, 1.807) is 0 Å². The number of hydrogen-bond donors (Lipinski definition) is 2. The number of nitrogens with one attached hydrogen (secondary N) is 1. The highest BCUT2D eigenvalue weighted by atomic mass is 32.2. The Kier molecular flexibility index (Phi) is 21.0. The summed E-state index contributed by atoms with van der Waals surface area (Å²) in [5, 5.41) is 11.0. The van der Waals surface area contributed by atoms with Crippen LogP contribution in [0.1, 0.15) is 14.9 Å². The lowest BCUT2D eigenvalue weighted by Gasteiger charge is -2.03. The van der Waals surface area contributed by atoms with Crippen LogP contribution in [0.15, 0.2) is 0 Å². The summed E-state index contributed by atoms with van der Waals surface area (Å²) in [6, 6.07) is 0. The van der Waals surface area contributed by atoms with Crippen LogP contribution in [0.5, 0.6) is 0 Å². The number of aliphatic hydroxyl groups excluding tert-OH is 1. The Morgan fingerprint density at radius 2 is 2.07 bits per heavy atom. The number of amides is 1. The maximum absolute atomic E-state index is 10.8. The number of aliphatic hydroxyl groups is 1. The molecule has 0 atom stereocenters. The van der Waals surface area contributed by atoms with E-state index in [-0.39, 0.29) is 27.4 Å². The normalized spacial score (nSPS) is 8.43. The Bertz CT molecular complexity index is 123. The van der Waals surface area contributed by atoms with Crippen molar-refractivity contribution in [3.05, 3.63) is 0 Å². The van der Waals surface area contributed by atoms with E-state index >= 15 is 0 Å². The Hall–Kier alpha value is -0.260. The summed E-state index contributed by atoms with van der Waals surface area (Å²) < 4.78 is 4.94. The van der Waals surface area contributed by atoms with Crippen molar-refractivity contribution in [2.24, 2.45) is 0 Å². The zero-order chi connectivity index (χ0) is 9.23. The molecule has 5 heteroatoms. The zero-order valence-electron chi connectivity index (χ0n) is 7.21. The van der Waals surface area contributed by atoms with Crippen LogP contribution in [0.3, 0.4) is 0 Å². The maximum Gasteiger partial charge on any atom is 0.230 e. The van der Waals surface area contributed by atoms with Gasteiger partial charge in [0.25, 0.3) is 0 Å². The van der Waals surface area contributed by atoms with Gasteiger partial charge in [0.2, 0.25) is 5.91 Å². The van der Waals surface area contributed by atoms with Crippen LogP contribution in [0.25, 0.3) is 0 Å². The number of hydrogen-bond acceptors (Lipinski definition) is 4. The highest BCUT2D eigenvalue weighted by Crippen LogP contribution is 1.88. The van der Waals surface area contributed by atoms with Crippen molar-refractivity contribution in [1.29, 1.82) is 0 Å². The molecule has 0 bridgehead atoms. The van der Waals surface area contributed by atoms with Gasteiger partial charge >= 0.3 is 0 Å². The van der Waals surface area contributed by atoms with Crippen LogP contribution >= 0.6 is 11.8 Å². The van der Waals surface area contributed by atoms with Gasteiger partial charge in [0.05, 0.1) is 25.6 Å². The fraction of sp³-hybridized carbons (Fsp3) is 0.889. The van der Waals surface area contributed by atoms with E-state index in [0.29, 0.717) is 25.5 Å². The molecule has 14 heavy (non-hydrogen) atoms. The Labute approximate surface area is 91.4 Å². The topological polar surface area (TPSA) is 58.6 Å². The molecule has 0 heterocycles. The molecule has 0 aromatic carbocycles. The van der Waals surface area contributed by atoms with Crippen molar-refractivity contribution in [2.45, 2.75) is 14.9 Å². The van der Waals surface area contributed by atoms with E-state index in [9.17, 15) is 4.79 Å². The Morgan fingerprint density at radius 1 is 1.43 bits per heavy atom. The van der Waals surface area contributed by atoms with Crippen LogP contribution in [0.2, 0.25) is 0 Å². The largest absolute Gasteiger partial charge is 0.394 e. The molecule has 0 aromatic heterocycles. The molecule has 0 saturated heterocycles. The van der Waals surface area contributed by atoms with Gasteiger partial charge in [-0.05, 0) is 6.26 Å². The molecule has 88 valence electrons. The van der Waals surface area contributed by atoms with E-state index in [4.69, 9.17) is 9.84 Å². The highest BCUT2D eigenvalue weighted by Gasteiger charge is 1.96. The average molecular weight is 225 g/mol. The summed E-state index contributed by atoms with van der Waals surface area (Å²) in [6.45, 7) is 1.33. The Morgan fingerprint density at radius 3 is 2.57 bits per heavy atom. The third-order valence-electron chi connectivity index (χ3n) is 1.08. The minimum absolute atomic E-state index is 0. The van der Waals surface area contributed by atoms with Crippen LogP contribution in [0, 0.1) is 0 Å². The summed E-state index contributed by atoms with van der Waals surface area (Å²) in [4.78, 5) is 10.8. The molecule has 0 saturated carbocycles. The second kappa shape index (κ2) is 15.2. The van der Waals surface area contributed by atoms with Gasteiger partial charge in [-0.25, -0.2) is 0 Å². The minimum Gasteiger partial charge on any atom is -0.394 e. The monoisotopic (exact) mass is 225 g/mol. The van der Waals surface area contributed by atoms with Crippen molar-refractivity contribution < 1.29 is 14.6 Å². The zero-order valence-corrected chi connectivity index (χ0v) is 8.02. The predicted octanol–water partition coefficient (Wildman–Crippen LogP) is 0.747. The molecule has 0 spiro atoms. The van der Waals surface area contributed by atoms with Gasteiger partial charge in [-0.3, -0.25) is 4.79 Å². The first kappa shape index (κ1) is 19.3. The lowest BCUT2D eigenvalue weighted by molar-refractivity contribution is -0.118. The fourth-order valence-electron chi connectivity index (χ4n) is 0.611. The summed E-state index contributed by atoms with van der Waals surface area (Å²) in [7, 11) is 0. The molecule has 0 unspecified atom stereocenters. The van der Waals surface area contributed by atoms with Gasteiger partial charge < -0.3 is 15.2 Å². The predicted molar refractivity (Wildman–Crippen MR) is 62.8 cm³/mol. The van der Waals surface area contributed by atoms with Crippen LogP contribution in [0.4, 0.5) is 0 Å². The van der Waals surface area contributed by atoms with Gasteiger partial charge in [-0.15, -0.1) is 0 Å². The summed E-state index contributed by atoms with van der Waals surface area (Å²) in [5.41, 5.74) is 0. The minimum atomic E-state index is 0. The van der Waals surface area contributed by atoms with Crippen LogP contribution in [-0.2, 0) is 9.53 Å².